The number of amides is 1. The van der Waals surface area contributed by atoms with Gasteiger partial charge in [0.15, 0.2) is 0 Å². The fourth-order valence-electron chi connectivity index (χ4n) is 2.26. The van der Waals surface area contributed by atoms with Gasteiger partial charge in [0.1, 0.15) is 5.78 Å². The Morgan fingerprint density at radius 1 is 1.27 bits per heavy atom. The molecule has 8 heteroatoms. The van der Waals surface area contributed by atoms with Gasteiger partial charge in [0.25, 0.3) is 0 Å². The molecule has 0 aromatic carbocycles. The monoisotopic (exact) mass is 331 g/mol. The first-order chi connectivity index (χ1) is 10.5. The SMILES string of the molecule is NCC(=O)CCSCC(=O)NCCN1CCC(C(=O)O)CC1. The molecule has 0 unspecified atom stereocenters. The summed E-state index contributed by atoms with van der Waals surface area (Å²) in [5, 5.41) is 11.8. The van der Waals surface area contributed by atoms with Gasteiger partial charge in [-0.15, -0.1) is 0 Å². The second-order valence-corrected chi connectivity index (χ2v) is 6.45. The van der Waals surface area contributed by atoms with E-state index in [2.05, 4.69) is 10.2 Å². The number of nitrogens with zero attached hydrogens (tertiary/aromatic N) is 1. The number of carbonyl (C=O) groups excluding carboxylic acids is 2. The molecule has 0 saturated carbocycles. The van der Waals surface area contributed by atoms with Gasteiger partial charge in [0, 0.05) is 25.3 Å². The minimum atomic E-state index is -0.710. The van der Waals surface area contributed by atoms with Crippen molar-refractivity contribution in [2.75, 3.05) is 44.2 Å². The molecule has 1 rings (SSSR count). The largest absolute Gasteiger partial charge is 0.481 e. The summed E-state index contributed by atoms with van der Waals surface area (Å²) in [6.45, 7) is 2.91. The lowest BCUT2D eigenvalue weighted by Crippen LogP contribution is -2.41. The molecule has 0 aliphatic carbocycles. The summed E-state index contributed by atoms with van der Waals surface area (Å²) in [5.41, 5.74) is 5.20. The van der Waals surface area contributed by atoms with Crippen LogP contribution in [0, 0.1) is 5.92 Å². The van der Waals surface area contributed by atoms with E-state index < -0.39 is 5.97 Å². The van der Waals surface area contributed by atoms with E-state index in [0.29, 0.717) is 37.3 Å². The molecule has 0 bridgehead atoms. The second kappa shape index (κ2) is 10.6. The number of carboxylic acids is 1. The highest BCUT2D eigenvalue weighted by atomic mass is 32.2. The van der Waals surface area contributed by atoms with E-state index in [-0.39, 0.29) is 24.2 Å². The van der Waals surface area contributed by atoms with Crippen LogP contribution in [-0.2, 0) is 14.4 Å². The molecule has 7 nitrogen and oxygen atoms in total. The molecule has 0 atom stereocenters. The average molecular weight is 331 g/mol. The van der Waals surface area contributed by atoms with E-state index in [0.717, 1.165) is 19.6 Å². The zero-order valence-electron chi connectivity index (χ0n) is 12.8. The maximum Gasteiger partial charge on any atom is 0.306 e. The Labute approximate surface area is 135 Å². The minimum Gasteiger partial charge on any atom is -0.481 e. The normalized spacial score (nSPS) is 16.4. The quantitative estimate of drug-likeness (QED) is 0.465. The molecule has 0 spiro atoms. The van der Waals surface area contributed by atoms with Crippen LogP contribution in [0.5, 0.6) is 0 Å². The van der Waals surface area contributed by atoms with E-state index in [1.54, 1.807) is 0 Å². The Morgan fingerprint density at radius 2 is 1.95 bits per heavy atom. The number of rotatable bonds is 10. The average Bonchev–Trinajstić information content (AvgIpc) is 2.51. The molecule has 1 saturated heterocycles. The highest BCUT2D eigenvalue weighted by molar-refractivity contribution is 7.99. The van der Waals surface area contributed by atoms with Crippen LogP contribution in [0.2, 0.25) is 0 Å². The van der Waals surface area contributed by atoms with Crippen LogP contribution in [0.3, 0.4) is 0 Å². The van der Waals surface area contributed by atoms with Crippen LogP contribution in [-0.4, -0.2) is 71.9 Å². The summed E-state index contributed by atoms with van der Waals surface area (Å²) in [6.07, 6.45) is 1.76. The lowest BCUT2D eigenvalue weighted by molar-refractivity contribution is -0.143. The van der Waals surface area contributed by atoms with Gasteiger partial charge in [0.2, 0.25) is 5.91 Å². The fraction of sp³-hybridized carbons (Fsp3) is 0.786. The maximum absolute atomic E-state index is 11.6. The number of ketones is 1. The molecule has 1 aliphatic rings. The Hall–Kier alpha value is -1.12. The zero-order chi connectivity index (χ0) is 16.4. The summed E-state index contributed by atoms with van der Waals surface area (Å²) in [4.78, 5) is 35.6. The standard InChI is InChI=1S/C14H25N3O4S/c15-9-12(18)3-8-22-10-13(19)16-4-7-17-5-1-11(2-6-17)14(20)21/h11H,1-10,15H2,(H,16,19)(H,20,21). The molecule has 1 aliphatic heterocycles. The van der Waals surface area contributed by atoms with Crippen LogP contribution in [0.25, 0.3) is 0 Å². The summed E-state index contributed by atoms with van der Waals surface area (Å²) in [7, 11) is 0. The number of carboxylic acid groups (broad SMARTS) is 1. The third kappa shape index (κ3) is 7.77. The Morgan fingerprint density at radius 3 is 2.55 bits per heavy atom. The van der Waals surface area contributed by atoms with Crippen molar-refractivity contribution in [2.24, 2.45) is 11.7 Å². The molecule has 22 heavy (non-hydrogen) atoms. The fourth-order valence-corrected chi connectivity index (χ4v) is 3.06. The first kappa shape index (κ1) is 18.9. The molecular formula is C14H25N3O4S. The van der Waals surface area contributed by atoms with Crippen molar-refractivity contribution >= 4 is 29.4 Å². The van der Waals surface area contributed by atoms with Crippen molar-refractivity contribution in [3.05, 3.63) is 0 Å². The van der Waals surface area contributed by atoms with Gasteiger partial charge in [-0.1, -0.05) is 0 Å². The molecule has 1 heterocycles. The molecule has 0 radical (unpaired) electrons. The van der Waals surface area contributed by atoms with Crippen molar-refractivity contribution in [2.45, 2.75) is 19.3 Å². The van der Waals surface area contributed by atoms with Gasteiger partial charge in [-0.3, -0.25) is 14.4 Å². The van der Waals surface area contributed by atoms with E-state index >= 15 is 0 Å². The number of carbonyl (C=O) groups is 3. The number of nitrogens with two attached hydrogens (primary N) is 1. The smallest absolute Gasteiger partial charge is 0.306 e. The van der Waals surface area contributed by atoms with Crippen molar-refractivity contribution < 1.29 is 19.5 Å². The second-order valence-electron chi connectivity index (χ2n) is 5.35. The number of Topliss-reactive ketones (excluding diaryl/α,β-unsaturated/α-hetero) is 1. The number of aliphatic carboxylic acids is 1. The number of likely N-dealkylation sites (tertiary alicyclic amines) is 1. The van der Waals surface area contributed by atoms with E-state index in [4.69, 9.17) is 10.8 Å². The highest BCUT2D eigenvalue weighted by Gasteiger charge is 2.23. The van der Waals surface area contributed by atoms with Crippen LogP contribution in [0.1, 0.15) is 19.3 Å². The van der Waals surface area contributed by atoms with Gasteiger partial charge < -0.3 is 21.1 Å². The number of piperidine rings is 1. The summed E-state index contributed by atoms with van der Waals surface area (Å²) in [5.74, 6) is 0.00492. The van der Waals surface area contributed by atoms with Gasteiger partial charge in [-0.2, -0.15) is 11.8 Å². The van der Waals surface area contributed by atoms with Gasteiger partial charge in [0.05, 0.1) is 18.2 Å². The third-order valence-corrected chi connectivity index (χ3v) is 4.63. The number of hydrogen-bond donors (Lipinski definition) is 3. The van der Waals surface area contributed by atoms with Gasteiger partial charge in [-0.25, -0.2) is 0 Å². The van der Waals surface area contributed by atoms with Crippen LogP contribution in [0.15, 0.2) is 0 Å². The molecule has 126 valence electrons. The van der Waals surface area contributed by atoms with Crippen LogP contribution >= 0.6 is 11.8 Å². The highest BCUT2D eigenvalue weighted by Crippen LogP contribution is 2.16. The van der Waals surface area contributed by atoms with Crippen molar-refractivity contribution in [1.29, 1.82) is 0 Å². The number of hydrogen-bond acceptors (Lipinski definition) is 6. The zero-order valence-corrected chi connectivity index (χ0v) is 13.6. The van der Waals surface area contributed by atoms with Crippen LogP contribution in [0.4, 0.5) is 0 Å². The predicted molar refractivity (Wildman–Crippen MR) is 85.8 cm³/mol. The van der Waals surface area contributed by atoms with Crippen LogP contribution < -0.4 is 11.1 Å². The first-order valence-corrected chi connectivity index (χ1v) is 8.69. The Balaban J connectivity index is 2.01. The molecule has 1 fully saturated rings. The van der Waals surface area contributed by atoms with Gasteiger partial charge >= 0.3 is 5.97 Å². The van der Waals surface area contributed by atoms with E-state index in [9.17, 15) is 14.4 Å². The molecule has 4 N–H and O–H groups in total. The Kier molecular flexibility index (Phi) is 9.10. The number of thioether (sulfide) groups is 1. The number of nitrogens with one attached hydrogen (secondary N) is 1. The van der Waals surface area contributed by atoms with E-state index in [1.807, 2.05) is 0 Å². The van der Waals surface area contributed by atoms with Crippen molar-refractivity contribution in [3.8, 4) is 0 Å². The summed E-state index contributed by atoms with van der Waals surface area (Å²) < 4.78 is 0. The topological polar surface area (TPSA) is 113 Å². The van der Waals surface area contributed by atoms with E-state index in [1.165, 1.54) is 11.8 Å². The van der Waals surface area contributed by atoms with Gasteiger partial charge in [-0.05, 0) is 25.9 Å². The summed E-state index contributed by atoms with van der Waals surface area (Å²) >= 11 is 1.43. The lowest BCUT2D eigenvalue weighted by atomic mass is 9.97. The molecule has 1 amide bonds. The van der Waals surface area contributed by atoms with Crippen molar-refractivity contribution in [1.82, 2.24) is 10.2 Å². The molecule has 0 aromatic rings. The third-order valence-electron chi connectivity index (χ3n) is 3.67. The summed E-state index contributed by atoms with van der Waals surface area (Å²) in [6, 6.07) is 0. The Bertz CT molecular complexity index is 384. The molecular weight excluding hydrogens is 306 g/mol. The van der Waals surface area contributed by atoms with Crippen molar-refractivity contribution in [3.63, 3.8) is 0 Å². The maximum atomic E-state index is 11.6. The predicted octanol–water partition coefficient (Wildman–Crippen LogP) is -0.450. The lowest BCUT2D eigenvalue weighted by Gasteiger charge is -2.29. The first-order valence-electron chi connectivity index (χ1n) is 7.54. The molecule has 0 aromatic heterocycles. The minimum absolute atomic E-state index is 0.0117.